The maximum atomic E-state index is 9.91. The van der Waals surface area contributed by atoms with E-state index in [4.69, 9.17) is 10.3 Å². The molecule has 1 aromatic carbocycles. The predicted octanol–water partition coefficient (Wildman–Crippen LogP) is 2.12. The van der Waals surface area contributed by atoms with Gasteiger partial charge in [-0.3, -0.25) is 0 Å². The number of benzene rings is 1. The molecule has 4 heteroatoms. The van der Waals surface area contributed by atoms with Gasteiger partial charge in [0.1, 0.15) is 11.4 Å². The number of phenolic OH excluding ortho intramolecular Hbond substituents is 1. The molecule has 0 saturated carbocycles. The first-order chi connectivity index (χ1) is 7.74. The first-order valence-electron chi connectivity index (χ1n) is 5.31. The average Bonchev–Trinajstić information content (AvgIpc) is 2.84. The van der Waals surface area contributed by atoms with Gasteiger partial charge in [-0.05, 0) is 42.5 Å². The SMILES string of the molecule is Nc1cc(-c2cc3c(cc2O)CCC3)no1. The molecule has 82 valence electrons. The molecule has 0 bridgehead atoms. The summed E-state index contributed by atoms with van der Waals surface area (Å²) in [6, 6.07) is 5.42. The van der Waals surface area contributed by atoms with Gasteiger partial charge in [-0.25, -0.2) is 0 Å². The lowest BCUT2D eigenvalue weighted by Gasteiger charge is -2.05. The number of nitrogen functional groups attached to an aromatic ring is 1. The Morgan fingerprint density at radius 2 is 1.94 bits per heavy atom. The van der Waals surface area contributed by atoms with Crippen LogP contribution in [0.2, 0.25) is 0 Å². The highest BCUT2D eigenvalue weighted by molar-refractivity contribution is 5.70. The molecule has 0 atom stereocenters. The molecular weight excluding hydrogens is 204 g/mol. The number of anilines is 1. The van der Waals surface area contributed by atoms with Crippen molar-refractivity contribution in [3.63, 3.8) is 0 Å². The van der Waals surface area contributed by atoms with E-state index in [1.54, 1.807) is 6.07 Å². The molecule has 1 aliphatic rings. The van der Waals surface area contributed by atoms with Gasteiger partial charge in [0, 0.05) is 11.6 Å². The van der Waals surface area contributed by atoms with Crippen LogP contribution in [0.3, 0.4) is 0 Å². The van der Waals surface area contributed by atoms with E-state index in [0.29, 0.717) is 11.3 Å². The minimum absolute atomic E-state index is 0.244. The molecule has 4 nitrogen and oxygen atoms in total. The number of hydrogen-bond donors (Lipinski definition) is 2. The van der Waals surface area contributed by atoms with Crippen molar-refractivity contribution in [1.82, 2.24) is 5.16 Å². The van der Waals surface area contributed by atoms with Crippen LogP contribution in [0.4, 0.5) is 5.88 Å². The Morgan fingerprint density at radius 1 is 1.19 bits per heavy atom. The zero-order valence-electron chi connectivity index (χ0n) is 8.73. The number of nitrogens with zero attached hydrogens (tertiary/aromatic N) is 1. The van der Waals surface area contributed by atoms with Crippen LogP contribution < -0.4 is 5.73 Å². The predicted molar refractivity (Wildman–Crippen MR) is 60.0 cm³/mol. The van der Waals surface area contributed by atoms with E-state index in [1.807, 2.05) is 12.1 Å². The molecule has 0 fully saturated rings. The van der Waals surface area contributed by atoms with Gasteiger partial charge < -0.3 is 15.4 Å². The minimum atomic E-state index is 0.244. The largest absolute Gasteiger partial charge is 0.507 e. The Morgan fingerprint density at radius 3 is 2.62 bits per heavy atom. The monoisotopic (exact) mass is 216 g/mol. The van der Waals surface area contributed by atoms with E-state index in [1.165, 1.54) is 11.1 Å². The van der Waals surface area contributed by atoms with Gasteiger partial charge in [-0.15, -0.1) is 0 Å². The van der Waals surface area contributed by atoms with E-state index >= 15 is 0 Å². The normalized spacial score (nSPS) is 14.0. The molecule has 2 aromatic rings. The van der Waals surface area contributed by atoms with Crippen LogP contribution in [0.1, 0.15) is 17.5 Å². The average molecular weight is 216 g/mol. The van der Waals surface area contributed by atoms with Crippen LogP contribution in [0, 0.1) is 0 Å². The third-order valence-electron chi connectivity index (χ3n) is 3.01. The van der Waals surface area contributed by atoms with E-state index in [-0.39, 0.29) is 11.6 Å². The van der Waals surface area contributed by atoms with Crippen LogP contribution in [0.5, 0.6) is 5.75 Å². The Kier molecular flexibility index (Phi) is 1.89. The molecule has 3 rings (SSSR count). The fourth-order valence-electron chi connectivity index (χ4n) is 2.23. The molecule has 0 spiro atoms. The van der Waals surface area contributed by atoms with Gasteiger partial charge in [0.15, 0.2) is 0 Å². The van der Waals surface area contributed by atoms with Crippen molar-refractivity contribution in [2.45, 2.75) is 19.3 Å². The zero-order chi connectivity index (χ0) is 11.1. The molecule has 16 heavy (non-hydrogen) atoms. The van der Waals surface area contributed by atoms with Gasteiger partial charge in [0.25, 0.3) is 0 Å². The fourth-order valence-corrected chi connectivity index (χ4v) is 2.23. The van der Waals surface area contributed by atoms with Gasteiger partial charge in [0.2, 0.25) is 5.88 Å². The van der Waals surface area contributed by atoms with Gasteiger partial charge in [-0.2, -0.15) is 0 Å². The zero-order valence-corrected chi connectivity index (χ0v) is 8.73. The first kappa shape index (κ1) is 9.27. The second kappa shape index (κ2) is 3.27. The van der Waals surface area contributed by atoms with Gasteiger partial charge >= 0.3 is 0 Å². The summed E-state index contributed by atoms with van der Waals surface area (Å²) < 4.78 is 4.81. The van der Waals surface area contributed by atoms with Gasteiger partial charge in [-0.1, -0.05) is 5.16 Å². The highest BCUT2D eigenvalue weighted by Gasteiger charge is 2.17. The summed E-state index contributed by atoms with van der Waals surface area (Å²) >= 11 is 0. The second-order valence-corrected chi connectivity index (χ2v) is 4.11. The summed E-state index contributed by atoms with van der Waals surface area (Å²) in [4.78, 5) is 0. The lowest BCUT2D eigenvalue weighted by molar-refractivity contribution is 0.437. The number of aromatic hydroxyl groups is 1. The highest BCUT2D eigenvalue weighted by atomic mass is 16.5. The van der Waals surface area contributed by atoms with Crippen molar-refractivity contribution < 1.29 is 9.63 Å². The summed E-state index contributed by atoms with van der Waals surface area (Å²) in [5.74, 6) is 0.504. The third kappa shape index (κ3) is 1.34. The smallest absolute Gasteiger partial charge is 0.222 e. The summed E-state index contributed by atoms with van der Waals surface area (Å²) in [5, 5.41) is 13.7. The number of phenols is 1. The molecule has 0 unspecified atom stereocenters. The van der Waals surface area contributed by atoms with Crippen molar-refractivity contribution >= 4 is 5.88 Å². The Bertz CT molecular complexity index is 546. The van der Waals surface area contributed by atoms with Crippen molar-refractivity contribution in [3.05, 3.63) is 29.3 Å². The first-order valence-corrected chi connectivity index (χ1v) is 5.31. The van der Waals surface area contributed by atoms with Gasteiger partial charge in [0.05, 0.1) is 0 Å². The van der Waals surface area contributed by atoms with E-state index in [9.17, 15) is 5.11 Å². The van der Waals surface area contributed by atoms with Crippen LogP contribution in [0.15, 0.2) is 22.7 Å². The highest BCUT2D eigenvalue weighted by Crippen LogP contribution is 2.35. The summed E-state index contributed by atoms with van der Waals surface area (Å²) in [5.41, 5.74) is 9.27. The maximum Gasteiger partial charge on any atom is 0.222 e. The molecule has 1 aliphatic carbocycles. The molecule has 1 aromatic heterocycles. The lowest BCUT2D eigenvalue weighted by atomic mass is 10.0. The number of aromatic nitrogens is 1. The Labute approximate surface area is 92.7 Å². The summed E-state index contributed by atoms with van der Waals surface area (Å²) in [6.45, 7) is 0. The second-order valence-electron chi connectivity index (χ2n) is 4.11. The lowest BCUT2D eigenvalue weighted by Crippen LogP contribution is -1.86. The molecular formula is C12H12N2O2. The van der Waals surface area contributed by atoms with Crippen LogP contribution in [0.25, 0.3) is 11.3 Å². The van der Waals surface area contributed by atoms with Crippen molar-refractivity contribution in [1.29, 1.82) is 0 Å². The Balaban J connectivity index is 2.14. The fraction of sp³-hybridized carbons (Fsp3) is 0.250. The van der Waals surface area contributed by atoms with Crippen molar-refractivity contribution in [2.75, 3.05) is 5.73 Å². The van der Waals surface area contributed by atoms with Crippen molar-refractivity contribution in [3.8, 4) is 17.0 Å². The minimum Gasteiger partial charge on any atom is -0.507 e. The number of hydrogen-bond acceptors (Lipinski definition) is 4. The number of aryl methyl sites for hydroxylation is 2. The number of fused-ring (bicyclic) bond motifs is 1. The van der Waals surface area contributed by atoms with E-state index in [2.05, 4.69) is 5.16 Å². The molecule has 0 amide bonds. The third-order valence-corrected chi connectivity index (χ3v) is 3.01. The number of rotatable bonds is 1. The van der Waals surface area contributed by atoms with Crippen LogP contribution in [-0.4, -0.2) is 10.3 Å². The Hall–Kier alpha value is -1.97. The topological polar surface area (TPSA) is 72.3 Å². The van der Waals surface area contributed by atoms with Crippen LogP contribution >= 0.6 is 0 Å². The molecule has 0 radical (unpaired) electrons. The quantitative estimate of drug-likeness (QED) is 0.765. The van der Waals surface area contributed by atoms with Crippen molar-refractivity contribution in [2.24, 2.45) is 0 Å². The van der Waals surface area contributed by atoms with Crippen LogP contribution in [-0.2, 0) is 12.8 Å². The molecule has 0 aliphatic heterocycles. The summed E-state index contributed by atoms with van der Waals surface area (Å²) in [6.07, 6.45) is 3.26. The maximum absolute atomic E-state index is 9.91. The molecule has 1 heterocycles. The number of nitrogens with two attached hydrogens (primary N) is 1. The molecule has 3 N–H and O–H groups in total. The van der Waals surface area contributed by atoms with E-state index < -0.39 is 0 Å². The standard InChI is InChI=1S/C12H12N2O2/c13-12-6-10(14-16-12)9-4-7-2-1-3-8(7)5-11(9)15/h4-6,15H,1-3,13H2. The summed E-state index contributed by atoms with van der Waals surface area (Å²) in [7, 11) is 0. The van der Waals surface area contributed by atoms with E-state index in [0.717, 1.165) is 19.3 Å². The molecule has 0 saturated heterocycles.